The maximum atomic E-state index is 13.0. The maximum absolute atomic E-state index is 13.0. The van der Waals surface area contributed by atoms with Crippen molar-refractivity contribution >= 4 is 59.4 Å². The zero-order valence-electron chi connectivity index (χ0n) is 19.0. The zero-order valence-corrected chi connectivity index (χ0v) is 20.6. The first kappa shape index (κ1) is 22.7. The van der Waals surface area contributed by atoms with E-state index in [4.69, 9.17) is 4.74 Å². The molecule has 5 rings (SSSR count). The van der Waals surface area contributed by atoms with E-state index in [0.29, 0.717) is 22.1 Å². The van der Waals surface area contributed by atoms with Crippen LogP contribution in [-0.4, -0.2) is 69.7 Å². The number of amides is 1. The van der Waals surface area contributed by atoms with Crippen molar-refractivity contribution in [2.75, 3.05) is 49.5 Å². The Morgan fingerprint density at radius 1 is 1.15 bits per heavy atom. The number of anilines is 2. The minimum Gasteiger partial charge on any atom is -0.494 e. The van der Waals surface area contributed by atoms with Crippen LogP contribution < -0.4 is 20.5 Å². The molecule has 0 atom stereocenters. The summed E-state index contributed by atoms with van der Waals surface area (Å²) < 4.78 is 8.22. The fourth-order valence-corrected chi connectivity index (χ4v) is 5.75. The van der Waals surface area contributed by atoms with E-state index in [-0.39, 0.29) is 18.0 Å². The summed E-state index contributed by atoms with van der Waals surface area (Å²) in [7, 11) is 0. The molecule has 3 aromatic heterocycles. The van der Waals surface area contributed by atoms with E-state index in [1.165, 1.54) is 33.6 Å². The molecule has 34 heavy (non-hydrogen) atoms. The molecule has 178 valence electrons. The van der Waals surface area contributed by atoms with Gasteiger partial charge >= 0.3 is 0 Å². The van der Waals surface area contributed by atoms with Gasteiger partial charge in [0.1, 0.15) is 23.3 Å². The summed E-state index contributed by atoms with van der Waals surface area (Å²) in [5.41, 5.74) is 0.918. The first-order valence-corrected chi connectivity index (χ1v) is 12.8. The second-order valence-electron chi connectivity index (χ2n) is 7.88. The van der Waals surface area contributed by atoms with Crippen LogP contribution in [0.1, 0.15) is 13.8 Å². The molecule has 1 saturated heterocycles. The SMILES string of the molecule is CCOc1ccc2sc(NC(=O)Cn3cnc4nc(N5CCN(CC)CC5)sc4c3=O)nc2c1. The van der Waals surface area contributed by atoms with E-state index in [9.17, 15) is 9.59 Å². The predicted molar refractivity (Wildman–Crippen MR) is 135 cm³/mol. The van der Waals surface area contributed by atoms with Crippen molar-refractivity contribution in [3.8, 4) is 5.75 Å². The number of ether oxygens (including phenoxy) is 1. The highest BCUT2D eigenvalue weighted by molar-refractivity contribution is 7.22. The number of thiazole rings is 2. The minimum absolute atomic E-state index is 0.149. The highest BCUT2D eigenvalue weighted by atomic mass is 32.1. The first-order chi connectivity index (χ1) is 16.5. The van der Waals surface area contributed by atoms with Crippen LogP contribution >= 0.6 is 22.7 Å². The maximum Gasteiger partial charge on any atom is 0.273 e. The summed E-state index contributed by atoms with van der Waals surface area (Å²) in [6.45, 7) is 9.24. The number of rotatable bonds is 7. The van der Waals surface area contributed by atoms with Crippen LogP contribution in [0.2, 0.25) is 0 Å². The van der Waals surface area contributed by atoms with Crippen LogP contribution in [0.4, 0.5) is 10.3 Å². The van der Waals surface area contributed by atoms with Gasteiger partial charge in [0.25, 0.3) is 5.56 Å². The lowest BCUT2D eigenvalue weighted by molar-refractivity contribution is -0.116. The number of nitrogens with one attached hydrogen (secondary N) is 1. The smallest absolute Gasteiger partial charge is 0.273 e. The van der Waals surface area contributed by atoms with Gasteiger partial charge in [0.15, 0.2) is 15.9 Å². The molecule has 1 aliphatic rings. The summed E-state index contributed by atoms with van der Waals surface area (Å²) in [5.74, 6) is 0.396. The molecule has 0 unspecified atom stereocenters. The summed E-state index contributed by atoms with van der Waals surface area (Å²) >= 11 is 2.71. The monoisotopic (exact) mass is 499 g/mol. The van der Waals surface area contributed by atoms with Crippen molar-refractivity contribution in [2.45, 2.75) is 20.4 Å². The molecule has 4 aromatic rings. The number of carbonyl (C=O) groups excluding carboxylic acids is 1. The molecule has 4 heterocycles. The number of fused-ring (bicyclic) bond motifs is 2. The van der Waals surface area contributed by atoms with Crippen LogP contribution in [0.15, 0.2) is 29.3 Å². The summed E-state index contributed by atoms with van der Waals surface area (Å²) in [5, 5.41) is 4.07. The lowest BCUT2D eigenvalue weighted by Gasteiger charge is -2.33. The molecular weight excluding hydrogens is 474 g/mol. The van der Waals surface area contributed by atoms with E-state index < -0.39 is 0 Å². The molecule has 12 heteroatoms. The van der Waals surface area contributed by atoms with Gasteiger partial charge in [0, 0.05) is 32.2 Å². The molecule has 1 aliphatic heterocycles. The highest BCUT2D eigenvalue weighted by Crippen LogP contribution is 2.29. The summed E-state index contributed by atoms with van der Waals surface area (Å²) in [6, 6.07) is 5.64. The van der Waals surface area contributed by atoms with Crippen molar-refractivity contribution in [3.63, 3.8) is 0 Å². The van der Waals surface area contributed by atoms with Gasteiger partial charge in [-0.3, -0.25) is 14.2 Å². The van der Waals surface area contributed by atoms with Crippen LogP contribution in [0.3, 0.4) is 0 Å². The standard InChI is InChI=1S/C22H25N7O3S2/c1-3-27-7-9-28(10-8-27)22-26-19-18(34-22)20(31)29(13-23-19)12-17(30)25-21-24-15-11-14(32-4-2)5-6-16(15)33-21/h5-6,11,13H,3-4,7-10,12H2,1-2H3,(H,24,25,30). The number of hydrogen-bond acceptors (Lipinski definition) is 10. The lowest BCUT2D eigenvalue weighted by Crippen LogP contribution is -2.46. The van der Waals surface area contributed by atoms with E-state index in [1.807, 2.05) is 25.1 Å². The number of hydrogen-bond donors (Lipinski definition) is 1. The van der Waals surface area contributed by atoms with Crippen molar-refractivity contribution < 1.29 is 9.53 Å². The molecule has 1 amide bonds. The number of carbonyl (C=O) groups is 1. The quantitative estimate of drug-likeness (QED) is 0.414. The van der Waals surface area contributed by atoms with Gasteiger partial charge in [0.05, 0.1) is 16.8 Å². The number of benzene rings is 1. The highest BCUT2D eigenvalue weighted by Gasteiger charge is 2.21. The molecule has 10 nitrogen and oxygen atoms in total. The van der Waals surface area contributed by atoms with E-state index in [2.05, 4.69) is 37.0 Å². The normalized spacial score (nSPS) is 14.7. The summed E-state index contributed by atoms with van der Waals surface area (Å²) in [6.07, 6.45) is 1.38. The molecule has 0 saturated carbocycles. The predicted octanol–water partition coefficient (Wildman–Crippen LogP) is 2.64. The Kier molecular flexibility index (Phi) is 6.44. The minimum atomic E-state index is -0.340. The third-order valence-electron chi connectivity index (χ3n) is 5.69. The molecule has 1 fully saturated rings. The first-order valence-electron chi connectivity index (χ1n) is 11.2. The van der Waals surface area contributed by atoms with Gasteiger partial charge in [-0.15, -0.1) is 0 Å². The van der Waals surface area contributed by atoms with Crippen molar-refractivity contribution in [3.05, 3.63) is 34.9 Å². The molecule has 0 aliphatic carbocycles. The van der Waals surface area contributed by atoms with Crippen LogP contribution in [0.25, 0.3) is 20.6 Å². The van der Waals surface area contributed by atoms with E-state index in [0.717, 1.165) is 53.8 Å². The molecular formula is C22H25N7O3S2. The van der Waals surface area contributed by atoms with Gasteiger partial charge in [-0.25, -0.2) is 9.97 Å². The third-order valence-corrected chi connectivity index (χ3v) is 7.74. The molecule has 0 radical (unpaired) electrons. The number of piperazine rings is 1. The van der Waals surface area contributed by atoms with Crippen molar-refractivity contribution in [2.24, 2.45) is 0 Å². The van der Waals surface area contributed by atoms with Gasteiger partial charge in [-0.2, -0.15) is 4.98 Å². The van der Waals surface area contributed by atoms with Crippen LogP contribution in [0.5, 0.6) is 5.75 Å². The number of nitrogens with zero attached hydrogens (tertiary/aromatic N) is 6. The summed E-state index contributed by atoms with van der Waals surface area (Å²) in [4.78, 5) is 43.6. The second kappa shape index (κ2) is 9.65. The van der Waals surface area contributed by atoms with Crippen LogP contribution in [-0.2, 0) is 11.3 Å². The average molecular weight is 500 g/mol. The Hall–Kier alpha value is -3.09. The number of aromatic nitrogens is 4. The van der Waals surface area contributed by atoms with Gasteiger partial charge in [-0.1, -0.05) is 29.6 Å². The van der Waals surface area contributed by atoms with Crippen molar-refractivity contribution in [1.29, 1.82) is 0 Å². The van der Waals surface area contributed by atoms with E-state index in [1.54, 1.807) is 0 Å². The van der Waals surface area contributed by atoms with E-state index >= 15 is 0 Å². The third kappa shape index (κ3) is 4.61. The van der Waals surface area contributed by atoms with Gasteiger partial charge in [0.2, 0.25) is 5.91 Å². The van der Waals surface area contributed by atoms with Gasteiger partial charge in [-0.05, 0) is 25.6 Å². The largest absolute Gasteiger partial charge is 0.494 e. The average Bonchev–Trinajstić information content (AvgIpc) is 3.45. The Balaban J connectivity index is 1.29. The molecule has 1 N–H and O–H groups in total. The Labute approximate surface area is 203 Å². The van der Waals surface area contributed by atoms with Crippen LogP contribution in [0, 0.1) is 0 Å². The Bertz CT molecular complexity index is 1390. The Morgan fingerprint density at radius 3 is 2.74 bits per heavy atom. The lowest BCUT2D eigenvalue weighted by atomic mass is 10.3. The zero-order chi connectivity index (χ0) is 23.7. The molecule has 1 aromatic carbocycles. The molecule has 0 spiro atoms. The molecule has 0 bridgehead atoms. The fourth-order valence-electron chi connectivity index (χ4n) is 3.87. The Morgan fingerprint density at radius 2 is 1.97 bits per heavy atom. The second-order valence-corrected chi connectivity index (χ2v) is 9.89. The fraction of sp³-hybridized carbons (Fsp3) is 0.409. The topological polar surface area (TPSA) is 105 Å². The van der Waals surface area contributed by atoms with Crippen molar-refractivity contribution in [1.82, 2.24) is 24.4 Å². The van der Waals surface area contributed by atoms with Gasteiger partial charge < -0.3 is 19.9 Å². The number of likely N-dealkylation sites (N-methyl/N-ethyl adjacent to an activating group) is 1.